The van der Waals surface area contributed by atoms with E-state index >= 15 is 0 Å². The van der Waals surface area contributed by atoms with Crippen molar-refractivity contribution in [3.05, 3.63) is 69.5 Å². The van der Waals surface area contributed by atoms with Crippen molar-refractivity contribution in [1.29, 1.82) is 0 Å². The number of carbonyl (C=O) groups excluding carboxylic acids is 1. The Morgan fingerprint density at radius 1 is 1.00 bits per heavy atom. The van der Waals surface area contributed by atoms with E-state index < -0.39 is 0 Å². The van der Waals surface area contributed by atoms with Gasteiger partial charge < -0.3 is 19.8 Å². The molecule has 0 aliphatic heterocycles. The first-order valence-corrected chi connectivity index (χ1v) is 9.10. The quantitative estimate of drug-likeness (QED) is 0.660. The number of aromatic nitrogens is 1. The molecule has 0 radical (unpaired) electrons. The Balaban J connectivity index is 1.58. The first-order chi connectivity index (χ1) is 13.5. The molecule has 28 heavy (non-hydrogen) atoms. The van der Waals surface area contributed by atoms with Gasteiger partial charge in [-0.05, 0) is 60.2 Å². The fourth-order valence-electron chi connectivity index (χ4n) is 3.11. The van der Waals surface area contributed by atoms with Crippen LogP contribution in [0.25, 0.3) is 10.9 Å². The Bertz CT molecular complexity index is 1060. The van der Waals surface area contributed by atoms with Crippen LogP contribution in [0.4, 0.5) is 0 Å². The zero-order valence-corrected chi connectivity index (χ0v) is 16.3. The predicted molar refractivity (Wildman–Crippen MR) is 109 cm³/mol. The number of ether oxygens (including phenoxy) is 2. The number of hydrogen-bond donors (Lipinski definition) is 2. The van der Waals surface area contributed by atoms with Crippen molar-refractivity contribution < 1.29 is 14.3 Å². The van der Waals surface area contributed by atoms with Crippen molar-refractivity contribution in [3.63, 3.8) is 0 Å². The Hall–Kier alpha value is -3.28. The van der Waals surface area contributed by atoms with Crippen molar-refractivity contribution in [2.45, 2.75) is 19.8 Å². The average molecular weight is 380 g/mol. The molecule has 1 amide bonds. The topological polar surface area (TPSA) is 80.4 Å². The van der Waals surface area contributed by atoms with Gasteiger partial charge in [-0.3, -0.25) is 9.59 Å². The first-order valence-electron chi connectivity index (χ1n) is 9.10. The van der Waals surface area contributed by atoms with Crippen molar-refractivity contribution >= 4 is 16.8 Å². The lowest BCUT2D eigenvalue weighted by Gasteiger charge is -2.10. The summed E-state index contributed by atoms with van der Waals surface area (Å²) in [5, 5.41) is 3.87. The molecular formula is C22H24N2O4. The Labute approximate surface area is 163 Å². The molecule has 0 aliphatic rings. The highest BCUT2D eigenvalue weighted by Crippen LogP contribution is 2.27. The molecule has 0 saturated carbocycles. The highest BCUT2D eigenvalue weighted by Gasteiger charge is 2.07. The minimum absolute atomic E-state index is 0.0408. The smallest absolute Gasteiger partial charge is 0.251 e. The summed E-state index contributed by atoms with van der Waals surface area (Å²) in [6.07, 6.45) is 0.990. The van der Waals surface area contributed by atoms with Crippen LogP contribution in [-0.4, -0.2) is 31.7 Å². The van der Waals surface area contributed by atoms with Gasteiger partial charge in [0.15, 0.2) is 11.5 Å². The molecule has 0 saturated heterocycles. The third kappa shape index (κ3) is 4.52. The van der Waals surface area contributed by atoms with Gasteiger partial charge in [0.05, 0.1) is 20.6 Å². The molecule has 2 aromatic carbocycles. The van der Waals surface area contributed by atoms with Gasteiger partial charge >= 0.3 is 0 Å². The highest BCUT2D eigenvalue weighted by atomic mass is 16.5. The molecule has 0 spiro atoms. The fraction of sp³-hybridized carbons (Fsp3) is 0.273. The van der Waals surface area contributed by atoms with Gasteiger partial charge in [0.2, 0.25) is 5.91 Å². The molecule has 3 aromatic rings. The number of fused-ring (bicyclic) bond motifs is 1. The van der Waals surface area contributed by atoms with Crippen LogP contribution in [0.15, 0.2) is 47.3 Å². The molecule has 6 nitrogen and oxygen atoms in total. The third-order valence-corrected chi connectivity index (χ3v) is 4.64. The van der Waals surface area contributed by atoms with Gasteiger partial charge in [-0.25, -0.2) is 0 Å². The predicted octanol–water partition coefficient (Wildman–Crippen LogP) is 2.76. The van der Waals surface area contributed by atoms with Crippen molar-refractivity contribution in [2.24, 2.45) is 0 Å². The van der Waals surface area contributed by atoms with E-state index in [4.69, 9.17) is 9.47 Å². The molecule has 0 unspecified atom stereocenters. The number of aryl methyl sites for hydroxylation is 1. The van der Waals surface area contributed by atoms with E-state index in [1.165, 1.54) is 0 Å². The molecule has 1 heterocycles. The van der Waals surface area contributed by atoms with Crippen LogP contribution in [0.3, 0.4) is 0 Å². The number of hydrogen-bond acceptors (Lipinski definition) is 4. The maximum absolute atomic E-state index is 12.3. The molecule has 6 heteroatoms. The van der Waals surface area contributed by atoms with E-state index in [1.807, 2.05) is 42.5 Å². The molecule has 0 fully saturated rings. The van der Waals surface area contributed by atoms with Crippen LogP contribution in [0.1, 0.15) is 16.7 Å². The molecule has 2 N–H and O–H groups in total. The number of nitrogens with one attached hydrogen (secondary N) is 2. The molecule has 0 aliphatic carbocycles. The largest absolute Gasteiger partial charge is 0.493 e. The summed E-state index contributed by atoms with van der Waals surface area (Å²) in [5.41, 5.74) is 3.30. The number of amides is 1. The lowest BCUT2D eigenvalue weighted by Crippen LogP contribution is -2.27. The van der Waals surface area contributed by atoms with Crippen molar-refractivity contribution in [2.75, 3.05) is 20.8 Å². The number of methoxy groups -OCH3 is 2. The van der Waals surface area contributed by atoms with Gasteiger partial charge in [0, 0.05) is 17.6 Å². The van der Waals surface area contributed by atoms with Gasteiger partial charge in [-0.2, -0.15) is 0 Å². The summed E-state index contributed by atoms with van der Waals surface area (Å²) in [6, 6.07) is 13.2. The number of pyridine rings is 1. The maximum atomic E-state index is 12.3. The summed E-state index contributed by atoms with van der Waals surface area (Å²) in [6.45, 7) is 2.31. The third-order valence-electron chi connectivity index (χ3n) is 4.64. The molecule has 0 atom stereocenters. The Morgan fingerprint density at radius 3 is 2.50 bits per heavy atom. The lowest BCUT2D eigenvalue weighted by atomic mass is 10.1. The maximum Gasteiger partial charge on any atom is 0.251 e. The summed E-state index contributed by atoms with van der Waals surface area (Å²) in [5.74, 6) is 1.32. The number of carbonyl (C=O) groups is 1. The summed E-state index contributed by atoms with van der Waals surface area (Å²) in [4.78, 5) is 26.8. The van der Waals surface area contributed by atoms with Crippen LogP contribution in [0, 0.1) is 6.92 Å². The fourth-order valence-corrected chi connectivity index (χ4v) is 3.11. The van der Waals surface area contributed by atoms with Crippen LogP contribution in [0.2, 0.25) is 0 Å². The zero-order valence-electron chi connectivity index (χ0n) is 16.3. The van der Waals surface area contributed by atoms with Crippen LogP contribution in [0.5, 0.6) is 11.5 Å². The van der Waals surface area contributed by atoms with Gasteiger partial charge in [-0.15, -0.1) is 0 Å². The standard InChI is InChI=1S/C22H24N2O4/c1-14-10-17-11-16(4-6-18(17)24-22(14)26)13-21(25)23-9-8-15-5-7-19(27-2)20(12-15)28-3/h4-7,10-12H,8-9,13H2,1-3H3,(H,23,25)(H,24,26). The van der Waals surface area contributed by atoms with Crippen LogP contribution >= 0.6 is 0 Å². The van der Waals surface area contributed by atoms with E-state index in [1.54, 1.807) is 21.1 Å². The molecule has 146 valence electrons. The number of rotatable bonds is 7. The van der Waals surface area contributed by atoms with E-state index in [0.29, 0.717) is 36.4 Å². The second-order valence-corrected chi connectivity index (χ2v) is 6.67. The van der Waals surface area contributed by atoms with Crippen LogP contribution in [-0.2, 0) is 17.6 Å². The van der Waals surface area contributed by atoms with Crippen LogP contribution < -0.4 is 20.3 Å². The summed E-state index contributed by atoms with van der Waals surface area (Å²) < 4.78 is 10.5. The van der Waals surface area contributed by atoms with E-state index in [0.717, 1.165) is 22.0 Å². The monoisotopic (exact) mass is 380 g/mol. The molecule has 3 rings (SSSR count). The summed E-state index contributed by atoms with van der Waals surface area (Å²) >= 11 is 0. The van der Waals surface area contributed by atoms with E-state index in [2.05, 4.69) is 10.3 Å². The van der Waals surface area contributed by atoms with Crippen molar-refractivity contribution in [3.8, 4) is 11.5 Å². The molecule has 0 bridgehead atoms. The molecule has 1 aromatic heterocycles. The zero-order chi connectivity index (χ0) is 20.1. The average Bonchev–Trinajstić information content (AvgIpc) is 2.69. The van der Waals surface area contributed by atoms with Gasteiger partial charge in [0.1, 0.15) is 0 Å². The second-order valence-electron chi connectivity index (χ2n) is 6.67. The summed E-state index contributed by atoms with van der Waals surface area (Å²) in [7, 11) is 3.20. The number of H-pyrrole nitrogens is 1. The minimum atomic E-state index is -0.0897. The van der Waals surface area contributed by atoms with E-state index in [-0.39, 0.29) is 11.5 Å². The van der Waals surface area contributed by atoms with Crippen molar-refractivity contribution in [1.82, 2.24) is 10.3 Å². The minimum Gasteiger partial charge on any atom is -0.493 e. The first kappa shape index (κ1) is 19.5. The van der Waals surface area contributed by atoms with Gasteiger partial charge in [-0.1, -0.05) is 12.1 Å². The number of benzene rings is 2. The SMILES string of the molecule is COc1ccc(CCNC(=O)Cc2ccc3[nH]c(=O)c(C)cc3c2)cc1OC. The lowest BCUT2D eigenvalue weighted by molar-refractivity contribution is -0.120. The molecular weight excluding hydrogens is 356 g/mol. The number of aromatic amines is 1. The normalized spacial score (nSPS) is 10.7. The Kier molecular flexibility index (Phi) is 5.99. The van der Waals surface area contributed by atoms with Gasteiger partial charge in [0.25, 0.3) is 5.56 Å². The second kappa shape index (κ2) is 8.61. The van der Waals surface area contributed by atoms with E-state index in [9.17, 15) is 9.59 Å². The highest BCUT2D eigenvalue weighted by molar-refractivity contribution is 5.83. The Morgan fingerprint density at radius 2 is 1.75 bits per heavy atom.